The van der Waals surface area contributed by atoms with Crippen LogP contribution in [0.3, 0.4) is 0 Å². The zero-order valence-electron chi connectivity index (χ0n) is 28.0. The molecule has 4 atom stereocenters. The molecule has 0 aromatic heterocycles. The molecule has 2 heterocycles. The molecule has 6 rings (SSSR count). The summed E-state index contributed by atoms with van der Waals surface area (Å²) in [6.07, 6.45) is -1.45. The number of rotatable bonds is 13. The van der Waals surface area contributed by atoms with E-state index in [9.17, 15) is 37.8 Å². The molecule has 2 amide bonds. The first kappa shape index (κ1) is 36.1. The lowest BCUT2D eigenvalue weighted by atomic mass is 9.82. The number of aliphatic hydroxyl groups excluding tert-OH is 2. The number of benzene rings is 3. The zero-order valence-corrected chi connectivity index (χ0v) is 28.0. The summed E-state index contributed by atoms with van der Waals surface area (Å²) in [5, 5.41) is 32.8. The third-order valence-electron chi connectivity index (χ3n) is 9.76. The molecule has 1 saturated heterocycles. The van der Waals surface area contributed by atoms with Crippen LogP contribution in [0.2, 0.25) is 0 Å². The maximum absolute atomic E-state index is 14.7. The van der Waals surface area contributed by atoms with Crippen molar-refractivity contribution in [1.29, 1.82) is 0 Å². The van der Waals surface area contributed by atoms with E-state index in [1.807, 2.05) is 60.4 Å². The van der Waals surface area contributed by atoms with E-state index in [4.69, 9.17) is 9.84 Å². The van der Waals surface area contributed by atoms with Crippen LogP contribution in [0.4, 0.5) is 13.2 Å². The Morgan fingerprint density at radius 2 is 1.67 bits per heavy atom. The minimum absolute atomic E-state index is 0.0171. The molecule has 0 unspecified atom stereocenters. The first-order valence-electron chi connectivity index (χ1n) is 17.0. The van der Waals surface area contributed by atoms with Crippen LogP contribution in [0, 0.1) is 24.4 Å². The Hall–Kier alpha value is -4.72. The summed E-state index contributed by atoms with van der Waals surface area (Å²) >= 11 is 0. The molecule has 1 aliphatic carbocycles. The van der Waals surface area contributed by atoms with Gasteiger partial charge in [-0.05, 0) is 79.0 Å². The van der Waals surface area contributed by atoms with Gasteiger partial charge >= 0.3 is 5.97 Å². The van der Waals surface area contributed by atoms with Crippen LogP contribution in [0.15, 0.2) is 66.2 Å². The third-order valence-corrected chi connectivity index (χ3v) is 9.76. The number of aryl methyl sites for hydroxylation is 2. The van der Waals surface area contributed by atoms with Gasteiger partial charge in [-0.15, -0.1) is 0 Å². The maximum Gasteiger partial charge on any atom is 0.335 e. The Bertz CT molecular complexity index is 1830. The lowest BCUT2D eigenvalue weighted by Crippen LogP contribution is -2.64. The van der Waals surface area contributed by atoms with Gasteiger partial charge in [-0.2, -0.15) is 4.39 Å². The summed E-state index contributed by atoms with van der Waals surface area (Å²) in [7, 11) is 0. The van der Waals surface area contributed by atoms with Crippen LogP contribution < -0.4 is 10.1 Å². The van der Waals surface area contributed by atoms with Crippen LogP contribution >= 0.6 is 0 Å². The molecule has 2 bridgehead atoms. The number of hydrogen-bond donors (Lipinski definition) is 4. The number of fused-ring (bicyclic) bond motifs is 2. The van der Waals surface area contributed by atoms with Gasteiger partial charge in [-0.3, -0.25) is 9.59 Å². The van der Waals surface area contributed by atoms with E-state index in [-0.39, 0.29) is 37.7 Å². The van der Waals surface area contributed by atoms with Gasteiger partial charge in [0.2, 0.25) is 5.82 Å². The standard InChI is InChI=1S/C38H40F3N3O7/c1-21-5-2-3-7-24(21)18-44(26-12-13-26)36(47)31-27(17-25-19-43(20-30(31)42-25)37(48)33(45)34(46)38(49)50)23-10-8-22(9-11-23)6-4-16-51-35-29(40)15-14-28(39)32(35)41/h2-3,5,7-11,14-15,25-26,30,33-34,42,45-46H,4,6,12-13,16-20H2,1H3,(H,49,50)/t25-,30-,33-,34+/m1/s1. The topological polar surface area (TPSA) is 140 Å². The van der Waals surface area contributed by atoms with Crippen LogP contribution in [0.1, 0.15) is 47.9 Å². The van der Waals surface area contributed by atoms with Crippen molar-refractivity contribution >= 4 is 23.4 Å². The molecule has 0 radical (unpaired) electrons. The van der Waals surface area contributed by atoms with Crippen molar-refractivity contribution in [1.82, 2.24) is 15.1 Å². The number of nitrogens with one attached hydrogen (secondary N) is 1. The van der Waals surface area contributed by atoms with E-state index < -0.39 is 53.3 Å². The summed E-state index contributed by atoms with van der Waals surface area (Å²) in [6, 6.07) is 16.1. The molecule has 3 aliphatic rings. The molecule has 3 aromatic carbocycles. The van der Waals surface area contributed by atoms with E-state index in [2.05, 4.69) is 5.32 Å². The highest BCUT2D eigenvalue weighted by molar-refractivity contribution is 6.03. The normalized spacial score (nSPS) is 19.8. The van der Waals surface area contributed by atoms with Gasteiger partial charge in [0.1, 0.15) is 0 Å². The summed E-state index contributed by atoms with van der Waals surface area (Å²) < 4.78 is 46.6. The fourth-order valence-electron chi connectivity index (χ4n) is 6.85. The molecular weight excluding hydrogens is 667 g/mol. The minimum Gasteiger partial charge on any atom is -0.488 e. The van der Waals surface area contributed by atoms with Gasteiger partial charge in [0.05, 0.1) is 12.6 Å². The van der Waals surface area contributed by atoms with Gasteiger partial charge in [-0.25, -0.2) is 13.6 Å². The number of carboxylic acid groups (broad SMARTS) is 1. The molecule has 2 fully saturated rings. The average molecular weight is 708 g/mol. The maximum atomic E-state index is 14.7. The van der Waals surface area contributed by atoms with Gasteiger partial charge in [0.25, 0.3) is 11.8 Å². The highest BCUT2D eigenvalue weighted by atomic mass is 19.2. The van der Waals surface area contributed by atoms with Crippen LogP contribution in [0.25, 0.3) is 5.57 Å². The van der Waals surface area contributed by atoms with Gasteiger partial charge < -0.3 is 35.2 Å². The fourth-order valence-corrected chi connectivity index (χ4v) is 6.85. The fraction of sp³-hybridized carbons (Fsp3) is 0.395. The molecule has 0 spiro atoms. The van der Waals surface area contributed by atoms with Crippen molar-refractivity contribution in [2.24, 2.45) is 0 Å². The smallest absolute Gasteiger partial charge is 0.335 e. The highest BCUT2D eigenvalue weighted by Crippen LogP contribution is 2.38. The van der Waals surface area contributed by atoms with Gasteiger partial charge in [0, 0.05) is 37.3 Å². The number of ether oxygens (including phenoxy) is 1. The molecule has 51 heavy (non-hydrogen) atoms. The van der Waals surface area contributed by atoms with Crippen LogP contribution in [0.5, 0.6) is 5.75 Å². The van der Waals surface area contributed by atoms with E-state index in [1.54, 1.807) is 0 Å². The number of aliphatic hydroxyl groups is 2. The Balaban J connectivity index is 1.25. The van der Waals surface area contributed by atoms with Crippen molar-refractivity contribution in [3.05, 3.63) is 106 Å². The molecule has 10 nitrogen and oxygen atoms in total. The highest BCUT2D eigenvalue weighted by Gasteiger charge is 2.45. The monoisotopic (exact) mass is 707 g/mol. The Labute approximate surface area is 293 Å². The first-order valence-corrected chi connectivity index (χ1v) is 17.0. The quantitative estimate of drug-likeness (QED) is 0.156. The SMILES string of the molecule is Cc1ccccc1CN(C(=O)C1=C(c2ccc(CCCOc3c(F)ccc(F)c3F)cc2)C[C@@H]2CN(C(=O)[C@H](O)[C@H](O)C(=O)O)C[C@H]1N2)C1CC1. The number of aliphatic carboxylic acids is 1. The molecule has 4 N–H and O–H groups in total. The Morgan fingerprint density at radius 1 is 0.961 bits per heavy atom. The number of halogens is 3. The molecule has 270 valence electrons. The van der Waals surface area contributed by atoms with Crippen molar-refractivity contribution in [2.45, 2.75) is 75.9 Å². The third kappa shape index (κ3) is 7.95. The number of carboxylic acids is 1. The Morgan fingerprint density at radius 3 is 2.35 bits per heavy atom. The van der Waals surface area contributed by atoms with Crippen molar-refractivity contribution in [3.8, 4) is 5.75 Å². The lowest BCUT2D eigenvalue weighted by molar-refractivity contribution is -0.163. The summed E-state index contributed by atoms with van der Waals surface area (Å²) in [5.41, 5.74) is 5.09. The first-order chi connectivity index (χ1) is 24.4. The summed E-state index contributed by atoms with van der Waals surface area (Å²) in [6.45, 7) is 2.47. The van der Waals surface area contributed by atoms with E-state index in [0.29, 0.717) is 37.4 Å². The van der Waals surface area contributed by atoms with Gasteiger partial charge in [-0.1, -0.05) is 48.5 Å². The minimum atomic E-state index is -2.28. The van der Waals surface area contributed by atoms with Crippen molar-refractivity contribution in [3.63, 3.8) is 0 Å². The zero-order chi connectivity index (χ0) is 36.4. The van der Waals surface area contributed by atoms with E-state index >= 15 is 0 Å². The second kappa shape index (κ2) is 15.3. The number of amides is 2. The predicted octanol–water partition coefficient (Wildman–Crippen LogP) is 3.75. The lowest BCUT2D eigenvalue weighted by Gasteiger charge is -2.45. The van der Waals surface area contributed by atoms with Crippen LogP contribution in [-0.2, 0) is 27.3 Å². The summed E-state index contributed by atoms with van der Waals surface area (Å²) in [4.78, 5) is 42.3. The Kier molecular flexibility index (Phi) is 10.8. The molecule has 13 heteroatoms. The van der Waals surface area contributed by atoms with Gasteiger partial charge in [0.15, 0.2) is 29.6 Å². The van der Waals surface area contributed by atoms with Crippen LogP contribution in [-0.4, -0.2) is 92.9 Å². The average Bonchev–Trinajstić information content (AvgIpc) is 3.97. The molecule has 2 aliphatic heterocycles. The number of carbonyl (C=O) groups excluding carboxylic acids is 2. The predicted molar refractivity (Wildman–Crippen MR) is 180 cm³/mol. The van der Waals surface area contributed by atoms with E-state index in [1.165, 1.54) is 4.90 Å². The van der Waals surface area contributed by atoms with E-state index in [0.717, 1.165) is 46.7 Å². The number of nitrogens with zero attached hydrogens (tertiary/aromatic N) is 2. The number of piperazine rings is 1. The number of carbonyl (C=O) groups is 3. The molecule has 3 aromatic rings. The largest absolute Gasteiger partial charge is 0.488 e. The second-order valence-electron chi connectivity index (χ2n) is 13.4. The van der Waals surface area contributed by atoms with Crippen molar-refractivity contribution in [2.75, 3.05) is 19.7 Å². The summed E-state index contributed by atoms with van der Waals surface area (Å²) in [5.74, 6) is -7.11. The molecule has 1 saturated carbocycles. The molecular formula is C38H40F3N3O7. The number of hydrogen-bond acceptors (Lipinski definition) is 7. The van der Waals surface area contributed by atoms with Crippen molar-refractivity contribution < 1.29 is 47.6 Å². The second-order valence-corrected chi connectivity index (χ2v) is 13.4.